The Labute approximate surface area is 137 Å². The maximum atomic E-state index is 12.6. The first-order valence-electron chi connectivity index (χ1n) is 7.94. The van der Waals surface area contributed by atoms with Gasteiger partial charge in [-0.25, -0.2) is 13.4 Å². The first-order chi connectivity index (χ1) is 10.8. The first-order valence-corrected chi connectivity index (χ1v) is 10.00. The lowest BCUT2D eigenvalue weighted by atomic mass is 9.72. The van der Waals surface area contributed by atoms with E-state index >= 15 is 0 Å². The Kier molecular flexibility index (Phi) is 4.22. The third kappa shape index (κ3) is 3.42. The van der Waals surface area contributed by atoms with Crippen molar-refractivity contribution in [1.29, 1.82) is 0 Å². The van der Waals surface area contributed by atoms with Crippen LogP contribution >= 0.6 is 0 Å². The summed E-state index contributed by atoms with van der Waals surface area (Å²) < 4.78 is 24.5. The van der Waals surface area contributed by atoms with Crippen LogP contribution in [0.25, 0.3) is 0 Å². The predicted octanol–water partition coefficient (Wildman–Crippen LogP) is -0.111. The van der Waals surface area contributed by atoms with Gasteiger partial charge in [0.25, 0.3) is 0 Å². The fraction of sp³-hybridized carbons (Fsp3) is 0.733. The molecule has 23 heavy (non-hydrogen) atoms. The molecule has 0 aromatic carbocycles. The van der Waals surface area contributed by atoms with Crippen molar-refractivity contribution in [3.05, 3.63) is 18.2 Å². The molecular formula is C15H24N4O3S. The minimum absolute atomic E-state index is 0.0492. The van der Waals surface area contributed by atoms with Gasteiger partial charge in [-0.05, 0) is 19.4 Å². The Bertz CT molecular complexity index is 699. The molecule has 1 aromatic rings. The molecule has 128 valence electrons. The van der Waals surface area contributed by atoms with Gasteiger partial charge in [0.15, 0.2) is 0 Å². The number of rotatable bonds is 5. The molecule has 1 amide bonds. The third-order valence-corrected chi connectivity index (χ3v) is 5.85. The van der Waals surface area contributed by atoms with Crippen LogP contribution in [0.4, 0.5) is 0 Å². The summed E-state index contributed by atoms with van der Waals surface area (Å²) in [4.78, 5) is 20.7. The highest BCUT2D eigenvalue weighted by Crippen LogP contribution is 2.40. The standard InChI is InChI=1S/C15H24N4O3S/c1-17-12-16-8-13(17)9-18-5-3-4-15(10-18)11-19(14(15)20)6-7-23(2,21)22/h8,12H,3-7,9-11H2,1-2H3. The fourth-order valence-electron chi connectivity index (χ4n) is 3.64. The lowest BCUT2D eigenvalue weighted by Crippen LogP contribution is -2.67. The number of amides is 1. The zero-order valence-corrected chi connectivity index (χ0v) is 14.5. The molecule has 2 aliphatic heterocycles. The van der Waals surface area contributed by atoms with Crippen molar-refractivity contribution in [3.63, 3.8) is 0 Å². The van der Waals surface area contributed by atoms with Gasteiger partial charge in [0.05, 0.1) is 23.2 Å². The van der Waals surface area contributed by atoms with Gasteiger partial charge in [0.1, 0.15) is 9.84 Å². The summed E-state index contributed by atoms with van der Waals surface area (Å²) >= 11 is 0. The van der Waals surface area contributed by atoms with Gasteiger partial charge in [-0.1, -0.05) is 0 Å². The summed E-state index contributed by atoms with van der Waals surface area (Å²) in [5, 5.41) is 0. The largest absolute Gasteiger partial charge is 0.340 e. The molecule has 2 aliphatic rings. The van der Waals surface area contributed by atoms with E-state index in [1.807, 2.05) is 17.8 Å². The number of sulfone groups is 1. The van der Waals surface area contributed by atoms with Crippen LogP contribution in [0.1, 0.15) is 18.5 Å². The molecule has 0 bridgehead atoms. The topological polar surface area (TPSA) is 75.5 Å². The average molecular weight is 340 g/mol. The van der Waals surface area contributed by atoms with Crippen LogP contribution in [0.2, 0.25) is 0 Å². The van der Waals surface area contributed by atoms with Crippen LogP contribution in [0.3, 0.4) is 0 Å². The average Bonchev–Trinajstić information content (AvgIpc) is 2.88. The Balaban J connectivity index is 1.59. The van der Waals surface area contributed by atoms with E-state index in [4.69, 9.17) is 0 Å². The van der Waals surface area contributed by atoms with Crippen LogP contribution < -0.4 is 0 Å². The molecular weight excluding hydrogens is 316 g/mol. The highest BCUT2D eigenvalue weighted by Gasteiger charge is 2.53. The van der Waals surface area contributed by atoms with Crippen LogP contribution in [0.5, 0.6) is 0 Å². The quantitative estimate of drug-likeness (QED) is 0.699. The molecule has 1 spiro atoms. The molecule has 8 heteroatoms. The van der Waals surface area contributed by atoms with E-state index < -0.39 is 9.84 Å². The second kappa shape index (κ2) is 5.90. The summed E-state index contributed by atoms with van der Waals surface area (Å²) in [5.74, 6) is 0.170. The van der Waals surface area contributed by atoms with Crippen molar-refractivity contribution >= 4 is 15.7 Å². The smallest absolute Gasteiger partial charge is 0.231 e. The Morgan fingerprint density at radius 1 is 1.35 bits per heavy atom. The van der Waals surface area contributed by atoms with Crippen molar-refractivity contribution < 1.29 is 13.2 Å². The molecule has 0 aliphatic carbocycles. The van der Waals surface area contributed by atoms with Crippen molar-refractivity contribution in [2.45, 2.75) is 19.4 Å². The highest BCUT2D eigenvalue weighted by atomic mass is 32.2. The number of piperidine rings is 1. The molecule has 1 unspecified atom stereocenters. The maximum Gasteiger partial charge on any atom is 0.231 e. The number of imidazole rings is 1. The van der Waals surface area contributed by atoms with Gasteiger partial charge in [-0.15, -0.1) is 0 Å². The van der Waals surface area contributed by atoms with Crippen LogP contribution in [0.15, 0.2) is 12.5 Å². The maximum absolute atomic E-state index is 12.6. The van der Waals surface area contributed by atoms with Gasteiger partial charge < -0.3 is 9.47 Å². The fourth-order valence-corrected chi connectivity index (χ4v) is 4.19. The van der Waals surface area contributed by atoms with Gasteiger partial charge in [-0.3, -0.25) is 9.69 Å². The van der Waals surface area contributed by atoms with E-state index in [1.54, 1.807) is 11.2 Å². The Morgan fingerprint density at radius 2 is 2.13 bits per heavy atom. The van der Waals surface area contributed by atoms with Crippen molar-refractivity contribution in [1.82, 2.24) is 19.4 Å². The van der Waals surface area contributed by atoms with Gasteiger partial charge in [0.2, 0.25) is 5.91 Å². The summed E-state index contributed by atoms with van der Waals surface area (Å²) in [6, 6.07) is 0. The van der Waals surface area contributed by atoms with Crippen LogP contribution in [-0.4, -0.2) is 71.9 Å². The number of hydrogen-bond donors (Lipinski definition) is 0. The highest BCUT2D eigenvalue weighted by molar-refractivity contribution is 7.90. The number of likely N-dealkylation sites (tertiary alicyclic amines) is 2. The summed E-state index contributed by atoms with van der Waals surface area (Å²) in [7, 11) is -1.05. The van der Waals surface area contributed by atoms with Gasteiger partial charge in [-0.2, -0.15) is 0 Å². The zero-order chi connectivity index (χ0) is 16.7. The zero-order valence-electron chi connectivity index (χ0n) is 13.7. The van der Waals surface area contributed by atoms with Crippen LogP contribution in [0, 0.1) is 5.41 Å². The van der Waals surface area contributed by atoms with E-state index in [0.717, 1.165) is 38.2 Å². The summed E-state index contributed by atoms with van der Waals surface area (Å²) in [6.45, 7) is 3.55. The van der Waals surface area contributed by atoms with E-state index in [0.29, 0.717) is 13.1 Å². The number of hydrogen-bond acceptors (Lipinski definition) is 5. The molecule has 3 rings (SSSR count). The Morgan fingerprint density at radius 3 is 2.74 bits per heavy atom. The van der Waals surface area contributed by atoms with Gasteiger partial charge in [0, 0.05) is 45.7 Å². The number of carbonyl (C=O) groups is 1. The second-order valence-electron chi connectivity index (χ2n) is 6.95. The number of β-lactam (4-membered cyclic amide) rings is 1. The Hall–Kier alpha value is -1.41. The lowest BCUT2D eigenvalue weighted by molar-refractivity contribution is -0.165. The second-order valence-corrected chi connectivity index (χ2v) is 9.21. The number of aromatic nitrogens is 2. The van der Waals surface area contributed by atoms with Crippen molar-refractivity contribution in [3.8, 4) is 0 Å². The third-order valence-electron chi connectivity index (χ3n) is 4.92. The van der Waals surface area contributed by atoms with Crippen molar-refractivity contribution in [2.24, 2.45) is 12.5 Å². The van der Waals surface area contributed by atoms with E-state index in [9.17, 15) is 13.2 Å². The number of nitrogens with zero attached hydrogens (tertiary/aromatic N) is 4. The molecule has 1 aromatic heterocycles. The van der Waals surface area contributed by atoms with E-state index in [1.165, 1.54) is 6.26 Å². The molecule has 2 saturated heterocycles. The SMILES string of the molecule is Cn1cncc1CN1CCCC2(C1)CN(CCS(C)(=O)=O)C2=O. The van der Waals surface area contributed by atoms with Crippen molar-refractivity contribution in [2.75, 3.05) is 38.2 Å². The molecule has 0 N–H and O–H groups in total. The van der Waals surface area contributed by atoms with Gasteiger partial charge >= 0.3 is 0 Å². The van der Waals surface area contributed by atoms with Crippen LogP contribution in [-0.2, 0) is 28.2 Å². The molecule has 0 radical (unpaired) electrons. The van der Waals surface area contributed by atoms with E-state index in [2.05, 4.69) is 9.88 Å². The predicted molar refractivity (Wildman–Crippen MR) is 86.4 cm³/mol. The normalized spacial score (nSPS) is 25.8. The van der Waals surface area contributed by atoms with E-state index in [-0.39, 0.29) is 17.1 Å². The molecule has 0 saturated carbocycles. The summed E-state index contributed by atoms with van der Waals surface area (Å²) in [6.07, 6.45) is 6.77. The molecule has 2 fully saturated rings. The number of carbonyl (C=O) groups excluding carboxylic acids is 1. The minimum atomic E-state index is -3.02. The first kappa shape index (κ1) is 16.4. The molecule has 3 heterocycles. The summed E-state index contributed by atoms with van der Waals surface area (Å²) in [5.41, 5.74) is 0.844. The lowest BCUT2D eigenvalue weighted by Gasteiger charge is -2.53. The number of aryl methyl sites for hydroxylation is 1. The molecule has 1 atom stereocenters. The molecule has 7 nitrogen and oxygen atoms in total. The monoisotopic (exact) mass is 340 g/mol. The minimum Gasteiger partial charge on any atom is -0.340 e.